The quantitative estimate of drug-likeness (QED) is 0.441. The highest BCUT2D eigenvalue weighted by molar-refractivity contribution is 6.05. The van der Waals surface area contributed by atoms with Crippen molar-refractivity contribution in [2.75, 3.05) is 12.4 Å². The van der Waals surface area contributed by atoms with Gasteiger partial charge in [-0.3, -0.25) is 4.79 Å². The fraction of sp³-hybridized carbons (Fsp3) is 0.250. The highest BCUT2D eigenvalue weighted by Crippen LogP contribution is 2.33. The molecule has 0 saturated heterocycles. The van der Waals surface area contributed by atoms with Crippen LogP contribution in [-0.4, -0.2) is 38.0 Å². The summed E-state index contributed by atoms with van der Waals surface area (Å²) >= 11 is 0. The van der Waals surface area contributed by atoms with E-state index >= 15 is 0 Å². The Morgan fingerprint density at radius 3 is 2.85 bits per heavy atom. The Kier molecular flexibility index (Phi) is 5.96. The SMILES string of the molecule is COCc1coc(Cn2ncc(NC(=O)c3nc(C)oc3-c3cccc(C(F)(F)F)c3)n2)n1. The zero-order chi connectivity index (χ0) is 23.6. The Morgan fingerprint density at radius 1 is 1.27 bits per heavy atom. The highest BCUT2D eigenvalue weighted by Gasteiger charge is 2.31. The molecule has 3 heterocycles. The van der Waals surface area contributed by atoms with Gasteiger partial charge in [0.25, 0.3) is 5.91 Å². The number of amides is 1. The largest absolute Gasteiger partial charge is 0.446 e. The summed E-state index contributed by atoms with van der Waals surface area (Å²) in [5, 5.41) is 10.7. The molecule has 13 heteroatoms. The maximum atomic E-state index is 13.1. The van der Waals surface area contributed by atoms with Gasteiger partial charge in [0.05, 0.1) is 18.4 Å². The van der Waals surface area contributed by atoms with Crippen molar-refractivity contribution in [1.82, 2.24) is 25.0 Å². The van der Waals surface area contributed by atoms with E-state index in [0.717, 1.165) is 12.1 Å². The van der Waals surface area contributed by atoms with Gasteiger partial charge in [0.15, 0.2) is 23.2 Å². The van der Waals surface area contributed by atoms with Crippen LogP contribution in [0.15, 0.2) is 45.6 Å². The number of nitrogens with zero attached hydrogens (tertiary/aromatic N) is 5. The van der Waals surface area contributed by atoms with Crippen LogP contribution in [0.1, 0.15) is 33.5 Å². The summed E-state index contributed by atoms with van der Waals surface area (Å²) in [4.78, 5) is 22.2. The molecule has 0 bridgehead atoms. The molecule has 0 radical (unpaired) electrons. The molecule has 1 N–H and O–H groups in total. The monoisotopic (exact) mass is 462 g/mol. The number of nitrogens with one attached hydrogen (secondary N) is 1. The Morgan fingerprint density at radius 2 is 2.09 bits per heavy atom. The number of hydrogen-bond acceptors (Lipinski definition) is 8. The molecular formula is C20H17F3N6O4. The first-order valence-electron chi connectivity index (χ1n) is 9.51. The van der Waals surface area contributed by atoms with E-state index in [9.17, 15) is 18.0 Å². The van der Waals surface area contributed by atoms with Crippen molar-refractivity contribution in [2.45, 2.75) is 26.3 Å². The van der Waals surface area contributed by atoms with Gasteiger partial charge in [-0.1, -0.05) is 12.1 Å². The van der Waals surface area contributed by atoms with Gasteiger partial charge in [-0.25, -0.2) is 9.97 Å². The topological polar surface area (TPSA) is 121 Å². The zero-order valence-corrected chi connectivity index (χ0v) is 17.4. The number of benzene rings is 1. The van der Waals surface area contributed by atoms with E-state index in [2.05, 4.69) is 25.5 Å². The van der Waals surface area contributed by atoms with Crippen molar-refractivity contribution in [1.29, 1.82) is 0 Å². The van der Waals surface area contributed by atoms with E-state index in [4.69, 9.17) is 13.6 Å². The molecule has 172 valence electrons. The number of hydrogen-bond donors (Lipinski definition) is 1. The predicted octanol–water partition coefficient (Wildman–Crippen LogP) is 3.70. The van der Waals surface area contributed by atoms with Crippen LogP contribution in [0.25, 0.3) is 11.3 Å². The van der Waals surface area contributed by atoms with E-state index in [1.54, 1.807) is 0 Å². The van der Waals surface area contributed by atoms with Crippen molar-refractivity contribution in [3.8, 4) is 11.3 Å². The lowest BCUT2D eigenvalue weighted by atomic mass is 10.1. The molecule has 0 aliphatic rings. The van der Waals surface area contributed by atoms with Gasteiger partial charge in [0.2, 0.25) is 5.89 Å². The highest BCUT2D eigenvalue weighted by atomic mass is 19.4. The molecule has 3 aromatic heterocycles. The summed E-state index contributed by atoms with van der Waals surface area (Å²) in [6.45, 7) is 1.89. The number of oxazole rings is 2. The number of anilines is 1. The van der Waals surface area contributed by atoms with Crippen molar-refractivity contribution < 1.29 is 31.5 Å². The Balaban J connectivity index is 1.51. The summed E-state index contributed by atoms with van der Waals surface area (Å²) in [6, 6.07) is 4.44. The first-order chi connectivity index (χ1) is 15.7. The maximum absolute atomic E-state index is 13.1. The van der Waals surface area contributed by atoms with E-state index in [-0.39, 0.29) is 35.3 Å². The molecule has 1 amide bonds. The fourth-order valence-corrected chi connectivity index (χ4v) is 2.98. The average Bonchev–Trinajstić information content (AvgIpc) is 3.49. The Hall–Kier alpha value is -4.00. The van der Waals surface area contributed by atoms with Gasteiger partial charge in [0.1, 0.15) is 18.5 Å². The van der Waals surface area contributed by atoms with Crippen LogP contribution in [-0.2, 0) is 24.1 Å². The lowest BCUT2D eigenvalue weighted by molar-refractivity contribution is -0.137. The Labute approximate surface area is 184 Å². The average molecular weight is 462 g/mol. The summed E-state index contributed by atoms with van der Waals surface area (Å²) in [5.41, 5.74) is -0.381. The van der Waals surface area contributed by atoms with Crippen LogP contribution in [0.5, 0.6) is 0 Å². The summed E-state index contributed by atoms with van der Waals surface area (Å²) < 4.78 is 54.9. The maximum Gasteiger partial charge on any atom is 0.416 e. The van der Waals surface area contributed by atoms with E-state index in [0.29, 0.717) is 18.2 Å². The Bertz CT molecular complexity index is 1280. The van der Waals surface area contributed by atoms with Gasteiger partial charge < -0.3 is 18.9 Å². The summed E-state index contributed by atoms with van der Waals surface area (Å²) in [5.74, 6) is -0.250. The van der Waals surface area contributed by atoms with Gasteiger partial charge in [-0.15, -0.1) is 5.10 Å². The smallest absolute Gasteiger partial charge is 0.416 e. The van der Waals surface area contributed by atoms with Crippen molar-refractivity contribution in [3.05, 3.63) is 65.5 Å². The van der Waals surface area contributed by atoms with Gasteiger partial charge in [-0.05, 0) is 12.1 Å². The standard InChI is InChI=1S/C20H17F3N6O4/c1-11-25-17(18(33-11)12-4-3-5-13(6-12)20(21,22)23)19(30)27-15-7-24-29(28-15)8-16-26-14(9-31-2)10-32-16/h3-7,10H,8-9H2,1-2H3,(H,27,28,30). The lowest BCUT2D eigenvalue weighted by Crippen LogP contribution is -2.14. The third-order valence-electron chi connectivity index (χ3n) is 4.35. The van der Waals surface area contributed by atoms with Crippen LogP contribution in [0.4, 0.5) is 19.0 Å². The van der Waals surface area contributed by atoms with E-state index in [1.807, 2.05) is 0 Å². The number of carbonyl (C=O) groups excluding carboxylic acids is 1. The minimum absolute atomic E-state index is 0.0648. The number of alkyl halides is 3. The minimum atomic E-state index is -4.54. The molecule has 0 atom stereocenters. The van der Waals surface area contributed by atoms with Crippen LogP contribution >= 0.6 is 0 Å². The van der Waals surface area contributed by atoms with Crippen LogP contribution in [0.2, 0.25) is 0 Å². The normalized spacial score (nSPS) is 11.7. The van der Waals surface area contributed by atoms with Crippen molar-refractivity contribution in [3.63, 3.8) is 0 Å². The molecule has 10 nitrogen and oxygen atoms in total. The van der Waals surface area contributed by atoms with Crippen LogP contribution in [0.3, 0.4) is 0 Å². The molecule has 0 fully saturated rings. The number of halogens is 3. The second kappa shape index (κ2) is 8.86. The van der Waals surface area contributed by atoms with Crippen molar-refractivity contribution in [2.24, 2.45) is 0 Å². The number of aromatic nitrogens is 5. The first kappa shape index (κ1) is 22.2. The molecule has 4 aromatic rings. The molecule has 33 heavy (non-hydrogen) atoms. The molecule has 0 saturated carbocycles. The molecule has 0 aliphatic heterocycles. The molecule has 0 aliphatic carbocycles. The fourth-order valence-electron chi connectivity index (χ4n) is 2.98. The lowest BCUT2D eigenvalue weighted by Gasteiger charge is -2.08. The van der Waals surface area contributed by atoms with Crippen molar-refractivity contribution >= 4 is 11.7 Å². The summed E-state index contributed by atoms with van der Waals surface area (Å²) in [6.07, 6.45) is -1.79. The third-order valence-corrected chi connectivity index (χ3v) is 4.35. The second-order valence-electron chi connectivity index (χ2n) is 6.87. The van der Waals surface area contributed by atoms with Gasteiger partial charge in [-0.2, -0.15) is 23.1 Å². The number of ether oxygens (including phenoxy) is 1. The molecule has 0 spiro atoms. The first-order valence-corrected chi connectivity index (χ1v) is 9.51. The summed E-state index contributed by atoms with van der Waals surface area (Å²) in [7, 11) is 1.53. The van der Waals surface area contributed by atoms with E-state index < -0.39 is 17.6 Å². The third kappa shape index (κ3) is 5.09. The number of aryl methyl sites for hydroxylation is 1. The number of methoxy groups -OCH3 is 1. The minimum Gasteiger partial charge on any atom is -0.446 e. The second-order valence-corrected chi connectivity index (χ2v) is 6.87. The van der Waals surface area contributed by atoms with Crippen LogP contribution < -0.4 is 5.32 Å². The number of carbonyl (C=O) groups is 1. The molecular weight excluding hydrogens is 445 g/mol. The van der Waals surface area contributed by atoms with Gasteiger partial charge in [0, 0.05) is 19.6 Å². The molecule has 0 unspecified atom stereocenters. The molecule has 1 aromatic carbocycles. The van der Waals surface area contributed by atoms with Crippen LogP contribution in [0, 0.1) is 6.92 Å². The zero-order valence-electron chi connectivity index (χ0n) is 17.4. The molecule has 4 rings (SSSR count). The number of rotatable bonds is 7. The van der Waals surface area contributed by atoms with E-state index in [1.165, 1.54) is 43.4 Å². The van der Waals surface area contributed by atoms with Gasteiger partial charge >= 0.3 is 6.18 Å². The predicted molar refractivity (Wildman–Crippen MR) is 106 cm³/mol.